The van der Waals surface area contributed by atoms with Gasteiger partial charge in [-0.15, -0.1) is 0 Å². The Bertz CT molecular complexity index is 624. The van der Waals surface area contributed by atoms with E-state index in [0.717, 1.165) is 29.7 Å². The van der Waals surface area contributed by atoms with E-state index in [0.29, 0.717) is 6.42 Å². The van der Waals surface area contributed by atoms with Gasteiger partial charge in [-0.2, -0.15) is 0 Å². The normalized spacial score (nSPS) is 17.1. The van der Waals surface area contributed by atoms with Crippen LogP contribution in [0.25, 0.3) is 0 Å². The molecule has 0 unspecified atom stereocenters. The van der Waals surface area contributed by atoms with Crippen LogP contribution in [0.2, 0.25) is 0 Å². The van der Waals surface area contributed by atoms with Gasteiger partial charge in [0.15, 0.2) is 5.78 Å². The summed E-state index contributed by atoms with van der Waals surface area (Å²) in [5.74, 6) is -0.0574. The molecule has 0 saturated heterocycles. The van der Waals surface area contributed by atoms with E-state index >= 15 is 0 Å². The van der Waals surface area contributed by atoms with Gasteiger partial charge in [-0.05, 0) is 36.6 Å². The quantitative estimate of drug-likeness (QED) is 0.858. The molecule has 1 heterocycles. The lowest BCUT2D eigenvalue weighted by Crippen LogP contribution is -2.28. The van der Waals surface area contributed by atoms with Crippen molar-refractivity contribution in [2.24, 2.45) is 0 Å². The third-order valence-electron chi connectivity index (χ3n) is 3.72. The number of aryl methyl sites for hydroxylation is 1. The number of carbonyl (C=O) groups is 1. The van der Waals surface area contributed by atoms with Gasteiger partial charge in [-0.1, -0.05) is 30.3 Å². The number of anilines is 1. The van der Waals surface area contributed by atoms with E-state index in [9.17, 15) is 9.18 Å². The average Bonchev–Trinajstić information content (AvgIpc) is 2.48. The first-order valence-corrected chi connectivity index (χ1v) is 6.85. The molecule has 0 aromatic heterocycles. The zero-order valence-corrected chi connectivity index (χ0v) is 11.1. The fraction of sp³-hybridized carbons (Fsp3) is 0.235. The first-order chi connectivity index (χ1) is 9.72. The van der Waals surface area contributed by atoms with Gasteiger partial charge in [0.2, 0.25) is 0 Å². The number of carbonyl (C=O) groups excluding carboxylic acids is 1. The number of fused-ring (bicyclic) bond motifs is 1. The Balaban J connectivity index is 1.69. The molecule has 0 spiro atoms. The highest BCUT2D eigenvalue weighted by Crippen LogP contribution is 2.27. The maximum Gasteiger partial charge on any atom is 0.164 e. The molecule has 1 atom stereocenters. The number of ketones is 1. The monoisotopic (exact) mass is 269 g/mol. The molecular weight excluding hydrogens is 253 g/mol. The van der Waals surface area contributed by atoms with Gasteiger partial charge in [0.25, 0.3) is 0 Å². The highest BCUT2D eigenvalue weighted by molar-refractivity contribution is 5.96. The number of halogens is 1. The number of hydrogen-bond donors (Lipinski definition) is 1. The molecule has 3 heteroatoms. The van der Waals surface area contributed by atoms with E-state index in [1.807, 2.05) is 30.3 Å². The molecule has 3 rings (SSSR count). The lowest BCUT2D eigenvalue weighted by molar-refractivity contribution is 0.0975. The van der Waals surface area contributed by atoms with Crippen LogP contribution < -0.4 is 5.32 Å². The molecule has 20 heavy (non-hydrogen) atoms. The van der Waals surface area contributed by atoms with Gasteiger partial charge in [-0.3, -0.25) is 4.79 Å². The van der Waals surface area contributed by atoms with E-state index in [1.54, 1.807) is 12.1 Å². The third-order valence-corrected chi connectivity index (χ3v) is 3.72. The molecule has 0 bridgehead atoms. The Labute approximate surface area is 117 Å². The fourth-order valence-corrected chi connectivity index (χ4v) is 2.65. The summed E-state index contributed by atoms with van der Waals surface area (Å²) in [4.78, 5) is 12.2. The van der Waals surface area contributed by atoms with Crippen LogP contribution in [0.4, 0.5) is 10.1 Å². The SMILES string of the molecule is O=C(C[C@H]1CCc2cc(F)ccc2N1)c1ccccc1. The molecule has 0 aliphatic carbocycles. The maximum absolute atomic E-state index is 13.1. The topological polar surface area (TPSA) is 29.1 Å². The lowest BCUT2D eigenvalue weighted by atomic mass is 9.93. The number of rotatable bonds is 3. The lowest BCUT2D eigenvalue weighted by Gasteiger charge is -2.26. The summed E-state index contributed by atoms with van der Waals surface area (Å²) in [5, 5.41) is 3.34. The van der Waals surface area contributed by atoms with Gasteiger partial charge in [0.05, 0.1) is 0 Å². The molecule has 102 valence electrons. The Morgan fingerprint density at radius 3 is 2.80 bits per heavy atom. The summed E-state index contributed by atoms with van der Waals surface area (Å²) in [6, 6.07) is 14.2. The second-order valence-electron chi connectivity index (χ2n) is 5.17. The highest BCUT2D eigenvalue weighted by Gasteiger charge is 2.21. The smallest absolute Gasteiger partial charge is 0.164 e. The van der Waals surface area contributed by atoms with E-state index in [-0.39, 0.29) is 17.6 Å². The minimum atomic E-state index is -0.204. The molecule has 0 saturated carbocycles. The minimum Gasteiger partial charge on any atom is -0.382 e. The predicted molar refractivity (Wildman–Crippen MR) is 77.5 cm³/mol. The standard InChI is InChI=1S/C17H16FNO/c18-14-7-9-16-13(10-14)6-8-15(19-16)11-17(20)12-4-2-1-3-5-12/h1-5,7,9-10,15,19H,6,8,11H2/t15-/m1/s1. The van der Waals surface area contributed by atoms with Crippen molar-refractivity contribution in [1.29, 1.82) is 0 Å². The zero-order valence-electron chi connectivity index (χ0n) is 11.1. The van der Waals surface area contributed by atoms with Crippen molar-refractivity contribution in [2.45, 2.75) is 25.3 Å². The Morgan fingerprint density at radius 2 is 2.00 bits per heavy atom. The second-order valence-corrected chi connectivity index (χ2v) is 5.17. The van der Waals surface area contributed by atoms with E-state index in [1.165, 1.54) is 6.07 Å². The predicted octanol–water partition coefficient (Wildman–Crippen LogP) is 3.83. The van der Waals surface area contributed by atoms with Gasteiger partial charge in [0, 0.05) is 23.7 Å². The highest BCUT2D eigenvalue weighted by atomic mass is 19.1. The van der Waals surface area contributed by atoms with Crippen molar-refractivity contribution >= 4 is 11.5 Å². The molecular formula is C17H16FNO. The number of hydrogen-bond acceptors (Lipinski definition) is 2. The zero-order chi connectivity index (χ0) is 13.9. The summed E-state index contributed by atoms with van der Waals surface area (Å²) in [6.07, 6.45) is 2.14. The van der Waals surface area contributed by atoms with E-state index in [2.05, 4.69) is 5.32 Å². The molecule has 2 aromatic carbocycles. The summed E-state index contributed by atoms with van der Waals surface area (Å²) in [7, 11) is 0. The van der Waals surface area contributed by atoms with Crippen LogP contribution in [0.1, 0.15) is 28.8 Å². The number of benzene rings is 2. The summed E-state index contributed by atoms with van der Waals surface area (Å²) < 4.78 is 13.1. The number of nitrogens with one attached hydrogen (secondary N) is 1. The first kappa shape index (κ1) is 12.9. The maximum atomic E-state index is 13.1. The van der Waals surface area contributed by atoms with Gasteiger partial charge < -0.3 is 5.32 Å². The van der Waals surface area contributed by atoms with Crippen molar-refractivity contribution in [2.75, 3.05) is 5.32 Å². The van der Waals surface area contributed by atoms with Crippen molar-refractivity contribution in [1.82, 2.24) is 0 Å². The Hall–Kier alpha value is -2.16. The fourth-order valence-electron chi connectivity index (χ4n) is 2.65. The van der Waals surface area contributed by atoms with Crippen LogP contribution in [0.3, 0.4) is 0 Å². The molecule has 0 radical (unpaired) electrons. The molecule has 0 fully saturated rings. The molecule has 1 N–H and O–H groups in total. The van der Waals surface area contributed by atoms with Crippen LogP contribution in [0.15, 0.2) is 48.5 Å². The molecule has 1 aliphatic heterocycles. The number of Topliss-reactive ketones (excluding diaryl/α,β-unsaturated/α-hetero) is 1. The van der Waals surface area contributed by atoms with Crippen molar-refractivity contribution in [3.05, 3.63) is 65.5 Å². The third kappa shape index (κ3) is 2.72. The van der Waals surface area contributed by atoms with E-state index < -0.39 is 0 Å². The van der Waals surface area contributed by atoms with Crippen LogP contribution in [0, 0.1) is 5.82 Å². The van der Waals surface area contributed by atoms with Crippen molar-refractivity contribution < 1.29 is 9.18 Å². The summed E-state index contributed by atoms with van der Waals surface area (Å²) >= 11 is 0. The molecule has 1 aliphatic rings. The van der Waals surface area contributed by atoms with E-state index in [4.69, 9.17) is 0 Å². The van der Waals surface area contributed by atoms with Crippen molar-refractivity contribution in [3.8, 4) is 0 Å². The first-order valence-electron chi connectivity index (χ1n) is 6.85. The van der Waals surface area contributed by atoms with Gasteiger partial charge in [0.1, 0.15) is 5.82 Å². The Morgan fingerprint density at radius 1 is 1.20 bits per heavy atom. The minimum absolute atomic E-state index is 0.126. The average molecular weight is 269 g/mol. The van der Waals surface area contributed by atoms with Gasteiger partial charge in [-0.25, -0.2) is 4.39 Å². The van der Waals surface area contributed by atoms with Gasteiger partial charge >= 0.3 is 0 Å². The van der Waals surface area contributed by atoms with Crippen LogP contribution >= 0.6 is 0 Å². The van der Waals surface area contributed by atoms with Crippen LogP contribution in [-0.4, -0.2) is 11.8 Å². The Kier molecular flexibility index (Phi) is 3.50. The van der Waals surface area contributed by atoms with Crippen LogP contribution in [-0.2, 0) is 6.42 Å². The molecule has 0 amide bonds. The summed E-state index contributed by atoms with van der Waals surface area (Å²) in [5.41, 5.74) is 2.69. The molecule has 2 aromatic rings. The largest absolute Gasteiger partial charge is 0.382 e. The summed E-state index contributed by atoms with van der Waals surface area (Å²) in [6.45, 7) is 0. The van der Waals surface area contributed by atoms with Crippen LogP contribution in [0.5, 0.6) is 0 Å². The van der Waals surface area contributed by atoms with Crippen molar-refractivity contribution in [3.63, 3.8) is 0 Å². The molecule has 2 nitrogen and oxygen atoms in total. The second kappa shape index (κ2) is 5.45.